The van der Waals surface area contributed by atoms with Gasteiger partial charge in [-0.2, -0.15) is 0 Å². The van der Waals surface area contributed by atoms with Gasteiger partial charge in [0.1, 0.15) is 0 Å². The van der Waals surface area contributed by atoms with Gasteiger partial charge in [-0.1, -0.05) is 43.3 Å². The lowest BCUT2D eigenvalue weighted by Gasteiger charge is -2.37. The molecule has 24 heavy (non-hydrogen) atoms. The zero-order chi connectivity index (χ0) is 16.6. The molecule has 0 spiro atoms. The molecule has 0 radical (unpaired) electrons. The predicted octanol–water partition coefficient (Wildman–Crippen LogP) is 2.55. The summed E-state index contributed by atoms with van der Waals surface area (Å²) in [6.07, 6.45) is 3.89. The van der Waals surface area contributed by atoms with E-state index < -0.39 is 0 Å². The molecule has 128 valence electrons. The number of nitrogens with one attached hydrogen (secondary N) is 1. The Bertz CT molecular complexity index is 581. The highest BCUT2D eigenvalue weighted by atomic mass is 15.2. The molecule has 1 unspecified atom stereocenters. The lowest BCUT2D eigenvalue weighted by atomic mass is 10.0. The molecule has 1 aliphatic rings. The van der Waals surface area contributed by atoms with Crippen molar-refractivity contribution in [1.29, 1.82) is 0 Å². The van der Waals surface area contributed by atoms with E-state index in [-0.39, 0.29) is 0 Å². The van der Waals surface area contributed by atoms with E-state index in [0.29, 0.717) is 6.04 Å². The van der Waals surface area contributed by atoms with Crippen LogP contribution in [0.4, 0.5) is 0 Å². The number of likely N-dealkylation sites (N-methyl/N-ethyl adjacent to an activating group) is 1. The Hall–Kier alpha value is -1.75. The largest absolute Gasteiger partial charge is 0.314 e. The van der Waals surface area contributed by atoms with Gasteiger partial charge in [0.2, 0.25) is 0 Å². The minimum absolute atomic E-state index is 0.377. The second kappa shape index (κ2) is 8.92. The highest BCUT2D eigenvalue weighted by Crippen LogP contribution is 2.23. The third kappa shape index (κ3) is 4.63. The summed E-state index contributed by atoms with van der Waals surface area (Å²) in [6.45, 7) is 9.75. The molecular weight excluding hydrogens is 296 g/mol. The zero-order valence-electron chi connectivity index (χ0n) is 14.6. The molecule has 0 bridgehead atoms. The summed E-state index contributed by atoms with van der Waals surface area (Å²) in [7, 11) is 0. The molecule has 0 amide bonds. The van der Waals surface area contributed by atoms with Gasteiger partial charge in [-0.05, 0) is 23.7 Å². The van der Waals surface area contributed by atoms with Crippen LogP contribution in [0.15, 0.2) is 54.9 Å². The van der Waals surface area contributed by atoms with E-state index in [1.165, 1.54) is 11.1 Å². The molecule has 1 atom stereocenters. The zero-order valence-corrected chi connectivity index (χ0v) is 14.6. The molecule has 2 aromatic rings. The van der Waals surface area contributed by atoms with Crippen molar-refractivity contribution in [2.24, 2.45) is 0 Å². The fourth-order valence-corrected chi connectivity index (χ4v) is 3.40. The quantitative estimate of drug-likeness (QED) is 0.848. The lowest BCUT2D eigenvalue weighted by molar-refractivity contribution is 0.128. The molecule has 1 aromatic heterocycles. The summed E-state index contributed by atoms with van der Waals surface area (Å²) in [5.41, 5.74) is 2.68. The summed E-state index contributed by atoms with van der Waals surface area (Å²) in [4.78, 5) is 9.50. The molecule has 0 saturated carbocycles. The van der Waals surface area contributed by atoms with Gasteiger partial charge in [0.05, 0.1) is 0 Å². The number of benzene rings is 1. The lowest BCUT2D eigenvalue weighted by Crippen LogP contribution is -2.47. The van der Waals surface area contributed by atoms with Gasteiger partial charge >= 0.3 is 0 Å². The molecule has 1 saturated heterocycles. The fourth-order valence-electron chi connectivity index (χ4n) is 3.40. The van der Waals surface area contributed by atoms with Crippen molar-refractivity contribution in [3.63, 3.8) is 0 Å². The van der Waals surface area contributed by atoms with Crippen LogP contribution in [0.1, 0.15) is 24.1 Å². The average molecular weight is 324 g/mol. The van der Waals surface area contributed by atoms with Crippen molar-refractivity contribution in [3.05, 3.63) is 66.0 Å². The van der Waals surface area contributed by atoms with Crippen LogP contribution in [0.5, 0.6) is 0 Å². The van der Waals surface area contributed by atoms with Crippen LogP contribution in [-0.2, 0) is 6.54 Å². The maximum Gasteiger partial charge on any atom is 0.0493 e. The number of piperazine rings is 1. The minimum atomic E-state index is 0.377. The van der Waals surface area contributed by atoms with E-state index in [1.54, 1.807) is 0 Å². The Labute approximate surface area is 145 Å². The van der Waals surface area contributed by atoms with Gasteiger partial charge in [-0.15, -0.1) is 0 Å². The number of pyridine rings is 1. The van der Waals surface area contributed by atoms with Gasteiger partial charge in [-0.25, -0.2) is 0 Å². The third-order valence-electron chi connectivity index (χ3n) is 4.79. The standard InChI is InChI=1S/C20H28N4/c1-2-24(16-18-7-4-3-5-8-18)20(19-9-6-10-22-15-19)17-23-13-11-21-12-14-23/h3-10,15,20-21H,2,11-14,16-17H2,1H3. The van der Waals surface area contributed by atoms with E-state index in [9.17, 15) is 0 Å². The molecule has 4 nitrogen and oxygen atoms in total. The van der Waals surface area contributed by atoms with Crippen LogP contribution in [0, 0.1) is 0 Å². The van der Waals surface area contributed by atoms with E-state index in [4.69, 9.17) is 0 Å². The summed E-state index contributed by atoms with van der Waals surface area (Å²) >= 11 is 0. The van der Waals surface area contributed by atoms with E-state index in [2.05, 4.69) is 69.5 Å². The molecule has 1 aliphatic heterocycles. The van der Waals surface area contributed by atoms with Gasteiger partial charge < -0.3 is 5.32 Å². The maximum atomic E-state index is 4.36. The van der Waals surface area contributed by atoms with Crippen LogP contribution in [0.25, 0.3) is 0 Å². The Balaban J connectivity index is 1.78. The summed E-state index contributed by atoms with van der Waals surface area (Å²) in [5.74, 6) is 0. The second-order valence-electron chi connectivity index (χ2n) is 6.40. The highest BCUT2D eigenvalue weighted by molar-refractivity contribution is 5.18. The second-order valence-corrected chi connectivity index (χ2v) is 6.40. The van der Waals surface area contributed by atoms with Gasteiger partial charge in [-0.3, -0.25) is 14.8 Å². The first kappa shape index (κ1) is 17.1. The van der Waals surface area contributed by atoms with Gasteiger partial charge in [0.25, 0.3) is 0 Å². The normalized spacial score (nSPS) is 17.1. The molecule has 2 heterocycles. The molecule has 1 aromatic carbocycles. The maximum absolute atomic E-state index is 4.36. The minimum Gasteiger partial charge on any atom is -0.314 e. The molecule has 1 fully saturated rings. The van der Waals surface area contributed by atoms with Gasteiger partial charge in [0, 0.05) is 57.7 Å². The highest BCUT2D eigenvalue weighted by Gasteiger charge is 2.23. The Kier molecular flexibility index (Phi) is 6.35. The van der Waals surface area contributed by atoms with E-state index in [1.807, 2.05) is 12.4 Å². The van der Waals surface area contributed by atoms with Crippen LogP contribution in [-0.4, -0.2) is 54.1 Å². The number of hydrogen-bond donors (Lipinski definition) is 1. The number of aromatic nitrogens is 1. The van der Waals surface area contributed by atoms with Crippen molar-refractivity contribution in [2.75, 3.05) is 39.3 Å². The van der Waals surface area contributed by atoms with Crippen molar-refractivity contribution >= 4 is 0 Å². The summed E-state index contributed by atoms with van der Waals surface area (Å²) < 4.78 is 0. The van der Waals surface area contributed by atoms with Crippen molar-refractivity contribution in [1.82, 2.24) is 20.1 Å². The van der Waals surface area contributed by atoms with Crippen molar-refractivity contribution in [3.8, 4) is 0 Å². The van der Waals surface area contributed by atoms with Crippen LogP contribution in [0.3, 0.4) is 0 Å². The van der Waals surface area contributed by atoms with Crippen molar-refractivity contribution in [2.45, 2.75) is 19.5 Å². The smallest absolute Gasteiger partial charge is 0.0493 e. The molecule has 3 rings (SSSR count). The van der Waals surface area contributed by atoms with Crippen molar-refractivity contribution < 1.29 is 0 Å². The first-order valence-corrected chi connectivity index (χ1v) is 8.98. The number of nitrogens with zero attached hydrogens (tertiary/aromatic N) is 3. The van der Waals surface area contributed by atoms with Gasteiger partial charge in [0.15, 0.2) is 0 Å². The molecular formula is C20H28N4. The van der Waals surface area contributed by atoms with E-state index >= 15 is 0 Å². The Morgan fingerprint density at radius 1 is 1.12 bits per heavy atom. The van der Waals surface area contributed by atoms with Crippen LogP contribution < -0.4 is 5.32 Å². The Morgan fingerprint density at radius 3 is 2.58 bits per heavy atom. The molecule has 0 aliphatic carbocycles. The topological polar surface area (TPSA) is 31.4 Å². The van der Waals surface area contributed by atoms with E-state index in [0.717, 1.165) is 45.8 Å². The van der Waals surface area contributed by atoms with Crippen LogP contribution >= 0.6 is 0 Å². The summed E-state index contributed by atoms with van der Waals surface area (Å²) in [6, 6.07) is 15.4. The predicted molar refractivity (Wildman–Crippen MR) is 98.8 cm³/mol. The third-order valence-corrected chi connectivity index (χ3v) is 4.79. The first-order chi connectivity index (χ1) is 11.9. The fraction of sp³-hybridized carbons (Fsp3) is 0.450. The summed E-state index contributed by atoms with van der Waals surface area (Å²) in [5, 5.41) is 3.44. The monoisotopic (exact) mass is 324 g/mol. The SMILES string of the molecule is CCN(Cc1ccccc1)C(CN1CCNCC1)c1cccnc1. The number of rotatable bonds is 7. The average Bonchev–Trinajstić information content (AvgIpc) is 2.67. The molecule has 1 N–H and O–H groups in total. The van der Waals surface area contributed by atoms with Crippen LogP contribution in [0.2, 0.25) is 0 Å². The first-order valence-electron chi connectivity index (χ1n) is 8.98. The Morgan fingerprint density at radius 2 is 1.92 bits per heavy atom. The number of hydrogen-bond acceptors (Lipinski definition) is 4. The molecule has 4 heteroatoms.